The molecule has 0 fully saturated rings. The summed E-state index contributed by atoms with van der Waals surface area (Å²) in [4.78, 5) is 11.3. The van der Waals surface area contributed by atoms with E-state index < -0.39 is 0 Å². The number of benzene rings is 2. The van der Waals surface area contributed by atoms with Gasteiger partial charge in [0.15, 0.2) is 0 Å². The van der Waals surface area contributed by atoms with E-state index >= 15 is 0 Å². The number of hydrogen-bond acceptors (Lipinski definition) is 4. The van der Waals surface area contributed by atoms with Crippen molar-refractivity contribution in [3.63, 3.8) is 0 Å². The fraction of sp³-hybridized carbons (Fsp3) is 0.333. The maximum Gasteiger partial charge on any atom is 0.333 e. The maximum atomic E-state index is 11.3. The molecule has 0 unspecified atom stereocenters. The molecular formula is C27H31NO3. The average molecular weight is 418 g/mol. The molecule has 162 valence electrons. The van der Waals surface area contributed by atoms with Crippen molar-refractivity contribution < 1.29 is 14.3 Å². The van der Waals surface area contributed by atoms with Crippen molar-refractivity contribution in [2.45, 2.75) is 45.4 Å². The summed E-state index contributed by atoms with van der Waals surface area (Å²) in [6, 6.07) is 19.8. The standard InChI is InChI=1S/C27H31NO3/c1-22(2)27(29)31-19-11-6-4-3-5-10-18-30-26-16-14-23(15-17-26)20-25(21-28)24-12-8-7-9-13-24/h7-9,12-17,20H,1,3-6,10-11,18-19H2,2H3. The Morgan fingerprint density at radius 2 is 1.55 bits per heavy atom. The van der Waals surface area contributed by atoms with Gasteiger partial charge in [0, 0.05) is 5.57 Å². The van der Waals surface area contributed by atoms with Gasteiger partial charge in [-0.1, -0.05) is 74.7 Å². The molecule has 2 rings (SSSR count). The Morgan fingerprint density at radius 1 is 0.935 bits per heavy atom. The number of hydrogen-bond donors (Lipinski definition) is 0. The van der Waals surface area contributed by atoms with Crippen LogP contribution in [0.4, 0.5) is 0 Å². The first-order chi connectivity index (χ1) is 15.1. The van der Waals surface area contributed by atoms with Gasteiger partial charge in [0.1, 0.15) is 5.75 Å². The van der Waals surface area contributed by atoms with E-state index in [0.717, 1.165) is 55.4 Å². The fourth-order valence-corrected chi connectivity index (χ4v) is 3.01. The van der Waals surface area contributed by atoms with Crippen LogP contribution in [0.1, 0.15) is 56.6 Å². The highest BCUT2D eigenvalue weighted by atomic mass is 16.5. The topological polar surface area (TPSA) is 59.3 Å². The van der Waals surface area contributed by atoms with Gasteiger partial charge in [-0.05, 0) is 49.1 Å². The van der Waals surface area contributed by atoms with Gasteiger partial charge in [-0.2, -0.15) is 5.26 Å². The van der Waals surface area contributed by atoms with Crippen LogP contribution in [0.2, 0.25) is 0 Å². The highest BCUT2D eigenvalue weighted by Crippen LogP contribution is 2.20. The van der Waals surface area contributed by atoms with Crippen molar-refractivity contribution in [3.05, 3.63) is 77.9 Å². The van der Waals surface area contributed by atoms with Gasteiger partial charge >= 0.3 is 5.97 Å². The Morgan fingerprint density at radius 3 is 2.16 bits per heavy atom. The summed E-state index contributed by atoms with van der Waals surface area (Å²) < 4.78 is 10.9. The fourth-order valence-electron chi connectivity index (χ4n) is 3.01. The van der Waals surface area contributed by atoms with E-state index in [1.165, 1.54) is 0 Å². The number of carbonyl (C=O) groups is 1. The largest absolute Gasteiger partial charge is 0.494 e. The van der Waals surface area contributed by atoms with Crippen LogP contribution in [-0.2, 0) is 9.53 Å². The third kappa shape index (κ3) is 9.35. The first-order valence-electron chi connectivity index (χ1n) is 10.8. The third-order valence-electron chi connectivity index (χ3n) is 4.79. The van der Waals surface area contributed by atoms with Crippen molar-refractivity contribution in [2.75, 3.05) is 13.2 Å². The van der Waals surface area contributed by atoms with Crippen LogP contribution >= 0.6 is 0 Å². The van der Waals surface area contributed by atoms with Crippen molar-refractivity contribution in [3.8, 4) is 11.8 Å². The molecule has 31 heavy (non-hydrogen) atoms. The molecule has 0 atom stereocenters. The summed E-state index contributed by atoms with van der Waals surface area (Å²) in [6.45, 7) is 6.39. The van der Waals surface area contributed by atoms with Gasteiger partial charge in [0.25, 0.3) is 0 Å². The summed E-state index contributed by atoms with van der Waals surface area (Å²) >= 11 is 0. The van der Waals surface area contributed by atoms with Crippen LogP contribution in [0.15, 0.2) is 66.7 Å². The molecule has 0 aromatic heterocycles. The molecule has 0 amide bonds. The zero-order valence-corrected chi connectivity index (χ0v) is 18.3. The molecule has 0 bridgehead atoms. The molecule has 0 N–H and O–H groups in total. The lowest BCUT2D eigenvalue weighted by Crippen LogP contribution is -2.06. The van der Waals surface area contributed by atoms with E-state index in [1.807, 2.05) is 60.7 Å². The van der Waals surface area contributed by atoms with Gasteiger partial charge in [-0.25, -0.2) is 4.79 Å². The smallest absolute Gasteiger partial charge is 0.333 e. The molecule has 0 spiro atoms. The van der Waals surface area contributed by atoms with Gasteiger partial charge in [0.05, 0.1) is 24.9 Å². The van der Waals surface area contributed by atoms with Crippen molar-refractivity contribution in [1.82, 2.24) is 0 Å². The molecule has 2 aromatic rings. The third-order valence-corrected chi connectivity index (χ3v) is 4.79. The molecule has 4 heteroatoms. The minimum Gasteiger partial charge on any atom is -0.494 e. The summed E-state index contributed by atoms with van der Waals surface area (Å²) in [5.74, 6) is 0.539. The molecule has 0 heterocycles. The van der Waals surface area contributed by atoms with E-state index in [0.29, 0.717) is 24.4 Å². The zero-order chi connectivity index (χ0) is 22.3. The SMILES string of the molecule is C=C(C)C(=O)OCCCCCCCCOc1ccc(C=C(C#N)c2ccccc2)cc1. The molecule has 4 nitrogen and oxygen atoms in total. The van der Waals surface area contributed by atoms with E-state index in [1.54, 1.807) is 6.92 Å². The van der Waals surface area contributed by atoms with Crippen molar-refractivity contribution in [2.24, 2.45) is 0 Å². The minimum absolute atomic E-state index is 0.303. The first-order valence-corrected chi connectivity index (χ1v) is 10.8. The van der Waals surface area contributed by atoms with Crippen LogP contribution in [0, 0.1) is 11.3 Å². The Labute approximate surface area is 185 Å². The number of allylic oxidation sites excluding steroid dienone is 1. The maximum absolute atomic E-state index is 11.3. The highest BCUT2D eigenvalue weighted by molar-refractivity contribution is 5.89. The Kier molecular flexibility index (Phi) is 10.7. The number of ether oxygens (including phenoxy) is 2. The average Bonchev–Trinajstić information content (AvgIpc) is 2.79. The number of nitrogens with zero attached hydrogens (tertiary/aromatic N) is 1. The predicted molar refractivity (Wildman–Crippen MR) is 125 cm³/mol. The summed E-state index contributed by atoms with van der Waals surface area (Å²) in [5.41, 5.74) is 2.98. The second-order valence-corrected chi connectivity index (χ2v) is 7.49. The molecule has 0 saturated carbocycles. The number of nitriles is 1. The molecular weight excluding hydrogens is 386 g/mol. The van der Waals surface area contributed by atoms with Gasteiger partial charge < -0.3 is 9.47 Å². The predicted octanol–water partition coefficient (Wildman–Crippen LogP) is 6.59. The molecule has 0 aliphatic carbocycles. The van der Waals surface area contributed by atoms with E-state index in [9.17, 15) is 10.1 Å². The number of rotatable bonds is 13. The monoisotopic (exact) mass is 417 g/mol. The van der Waals surface area contributed by atoms with Crippen molar-refractivity contribution in [1.29, 1.82) is 5.26 Å². The van der Waals surface area contributed by atoms with Crippen molar-refractivity contribution >= 4 is 17.6 Å². The van der Waals surface area contributed by atoms with Crippen LogP contribution in [0.25, 0.3) is 11.6 Å². The van der Waals surface area contributed by atoms with Gasteiger partial charge in [-0.15, -0.1) is 0 Å². The van der Waals surface area contributed by atoms with Gasteiger partial charge in [-0.3, -0.25) is 0 Å². The van der Waals surface area contributed by atoms with Crippen LogP contribution in [-0.4, -0.2) is 19.2 Å². The van der Waals surface area contributed by atoms with Crippen LogP contribution in [0.3, 0.4) is 0 Å². The summed E-state index contributed by atoms with van der Waals surface area (Å²) in [7, 11) is 0. The Bertz CT molecular complexity index is 892. The van der Waals surface area contributed by atoms with E-state index in [-0.39, 0.29) is 5.97 Å². The second kappa shape index (κ2) is 13.8. The zero-order valence-electron chi connectivity index (χ0n) is 18.3. The first kappa shape index (κ1) is 24.0. The second-order valence-electron chi connectivity index (χ2n) is 7.49. The molecule has 0 radical (unpaired) electrons. The quantitative estimate of drug-likeness (QED) is 0.121. The lowest BCUT2D eigenvalue weighted by atomic mass is 10.0. The van der Waals surface area contributed by atoms with E-state index in [4.69, 9.17) is 9.47 Å². The number of esters is 1. The number of unbranched alkanes of at least 4 members (excludes halogenated alkanes) is 5. The summed E-state index contributed by atoms with van der Waals surface area (Å²) in [5, 5.41) is 9.42. The van der Waals surface area contributed by atoms with Gasteiger partial charge in [0.2, 0.25) is 0 Å². The molecule has 0 saturated heterocycles. The highest BCUT2D eigenvalue weighted by Gasteiger charge is 2.02. The molecule has 0 aliphatic heterocycles. The van der Waals surface area contributed by atoms with Crippen LogP contribution in [0.5, 0.6) is 5.75 Å². The summed E-state index contributed by atoms with van der Waals surface area (Å²) in [6.07, 6.45) is 8.26. The van der Waals surface area contributed by atoms with Crippen LogP contribution < -0.4 is 4.74 Å². The number of carbonyl (C=O) groups excluding carboxylic acids is 1. The lowest BCUT2D eigenvalue weighted by Gasteiger charge is -2.07. The van der Waals surface area contributed by atoms with E-state index in [2.05, 4.69) is 12.6 Å². The Balaban J connectivity index is 1.60. The Hall–Kier alpha value is -3.32. The minimum atomic E-state index is -0.303. The molecule has 0 aliphatic rings. The normalized spacial score (nSPS) is 10.9. The molecule has 2 aromatic carbocycles. The lowest BCUT2D eigenvalue weighted by molar-refractivity contribution is -0.139.